The Hall–Kier alpha value is -1.47. The quantitative estimate of drug-likeness (QED) is 0.893. The van der Waals surface area contributed by atoms with Crippen molar-refractivity contribution in [2.24, 2.45) is 0 Å². The second-order valence-corrected chi connectivity index (χ2v) is 6.67. The van der Waals surface area contributed by atoms with Gasteiger partial charge in [-0.15, -0.1) is 0 Å². The van der Waals surface area contributed by atoms with E-state index >= 15 is 0 Å². The fourth-order valence-electron chi connectivity index (χ4n) is 2.69. The number of hydrogen-bond acceptors (Lipinski definition) is 4. The molecule has 1 aliphatic rings. The van der Waals surface area contributed by atoms with E-state index in [1.54, 1.807) is 0 Å². The normalized spacial score (nSPS) is 18.7. The number of benzene rings is 1. The average molecular weight is 332 g/mol. The highest BCUT2D eigenvalue weighted by molar-refractivity contribution is 5.42. The first kappa shape index (κ1) is 17.9. The van der Waals surface area contributed by atoms with Gasteiger partial charge in [-0.1, -0.05) is 0 Å². The first-order valence-electron chi connectivity index (χ1n) is 7.61. The highest BCUT2D eigenvalue weighted by Gasteiger charge is 2.46. The van der Waals surface area contributed by atoms with E-state index in [0.717, 1.165) is 0 Å². The standard InChI is InChI=1S/C16H23F3N2O2/c1-15(2,3)23-11-4-5-13(22)12(10-11)14(16(17,18)19)21-8-6-20-7-9-21/h4-5,10,14,20,22H,6-9H2,1-3H3/t14-/m0/s1. The van der Waals surface area contributed by atoms with Crippen LogP contribution in [0.2, 0.25) is 0 Å². The van der Waals surface area contributed by atoms with Crippen LogP contribution in [-0.4, -0.2) is 48.0 Å². The lowest BCUT2D eigenvalue weighted by atomic mass is 10.0. The Morgan fingerprint density at radius 3 is 2.30 bits per heavy atom. The third-order valence-electron chi connectivity index (χ3n) is 3.54. The van der Waals surface area contributed by atoms with E-state index < -0.39 is 17.8 Å². The minimum atomic E-state index is -4.48. The number of piperazine rings is 1. The highest BCUT2D eigenvalue weighted by atomic mass is 19.4. The van der Waals surface area contributed by atoms with Crippen molar-refractivity contribution >= 4 is 0 Å². The van der Waals surface area contributed by atoms with Crippen molar-refractivity contribution in [3.05, 3.63) is 23.8 Å². The first-order valence-corrected chi connectivity index (χ1v) is 7.61. The summed E-state index contributed by atoms with van der Waals surface area (Å²) in [6, 6.07) is 2.20. The number of nitrogens with zero attached hydrogens (tertiary/aromatic N) is 1. The number of phenols is 1. The maximum atomic E-state index is 13.6. The van der Waals surface area contributed by atoms with Gasteiger partial charge in [-0.3, -0.25) is 4.90 Å². The molecule has 0 bridgehead atoms. The maximum Gasteiger partial charge on any atom is 0.408 e. The monoisotopic (exact) mass is 332 g/mol. The van der Waals surface area contributed by atoms with Crippen LogP contribution in [0.3, 0.4) is 0 Å². The number of ether oxygens (including phenoxy) is 1. The molecule has 130 valence electrons. The molecule has 4 nitrogen and oxygen atoms in total. The number of phenolic OH excluding ortho intramolecular Hbond substituents is 1. The van der Waals surface area contributed by atoms with Crippen LogP contribution in [-0.2, 0) is 0 Å². The molecule has 1 aromatic rings. The maximum absolute atomic E-state index is 13.6. The van der Waals surface area contributed by atoms with E-state index in [4.69, 9.17) is 4.74 Å². The van der Waals surface area contributed by atoms with E-state index in [0.29, 0.717) is 18.8 Å². The zero-order chi connectivity index (χ0) is 17.3. The molecule has 0 unspecified atom stereocenters. The highest BCUT2D eigenvalue weighted by Crippen LogP contribution is 2.42. The van der Waals surface area contributed by atoms with Crippen molar-refractivity contribution in [1.29, 1.82) is 0 Å². The summed E-state index contributed by atoms with van der Waals surface area (Å²) < 4.78 is 46.5. The van der Waals surface area contributed by atoms with Gasteiger partial charge in [0.25, 0.3) is 0 Å². The van der Waals surface area contributed by atoms with Crippen LogP contribution in [0.15, 0.2) is 18.2 Å². The predicted octanol–water partition coefficient (Wildman–Crippen LogP) is 3.08. The summed E-state index contributed by atoms with van der Waals surface area (Å²) in [6.45, 7) is 6.98. The van der Waals surface area contributed by atoms with Crippen molar-refractivity contribution in [1.82, 2.24) is 10.2 Å². The minimum Gasteiger partial charge on any atom is -0.508 e. The van der Waals surface area contributed by atoms with Crippen LogP contribution < -0.4 is 10.1 Å². The molecule has 1 fully saturated rings. The van der Waals surface area contributed by atoms with Gasteiger partial charge in [0.1, 0.15) is 23.1 Å². The van der Waals surface area contributed by atoms with Gasteiger partial charge in [-0.05, 0) is 39.0 Å². The molecule has 0 aliphatic carbocycles. The Labute approximate surface area is 134 Å². The molecule has 0 radical (unpaired) electrons. The van der Waals surface area contributed by atoms with E-state index in [1.807, 2.05) is 20.8 Å². The van der Waals surface area contributed by atoms with E-state index in [9.17, 15) is 18.3 Å². The molecule has 2 N–H and O–H groups in total. The van der Waals surface area contributed by atoms with Gasteiger partial charge >= 0.3 is 6.18 Å². The van der Waals surface area contributed by atoms with Gasteiger partial charge in [0.05, 0.1) is 0 Å². The van der Waals surface area contributed by atoms with E-state index in [1.165, 1.54) is 23.1 Å². The largest absolute Gasteiger partial charge is 0.508 e. The molecule has 0 saturated carbocycles. The molecule has 0 amide bonds. The van der Waals surface area contributed by atoms with Crippen LogP contribution in [0.5, 0.6) is 11.5 Å². The summed E-state index contributed by atoms with van der Waals surface area (Å²) in [5.74, 6) is -0.0539. The van der Waals surface area contributed by atoms with Crippen LogP contribution in [0.1, 0.15) is 32.4 Å². The third-order valence-corrected chi connectivity index (χ3v) is 3.54. The second kappa shape index (κ2) is 6.57. The number of nitrogens with one attached hydrogen (secondary N) is 1. The molecule has 1 saturated heterocycles. The Balaban J connectivity index is 2.39. The van der Waals surface area contributed by atoms with E-state index in [-0.39, 0.29) is 24.4 Å². The summed E-state index contributed by atoms with van der Waals surface area (Å²) in [5.41, 5.74) is -0.696. The topological polar surface area (TPSA) is 44.7 Å². The Bertz CT molecular complexity index is 535. The van der Waals surface area contributed by atoms with Crippen LogP contribution >= 0.6 is 0 Å². The van der Waals surface area contributed by atoms with Gasteiger partial charge in [0, 0.05) is 31.7 Å². The van der Waals surface area contributed by atoms with Crippen molar-refractivity contribution in [2.45, 2.75) is 38.6 Å². The smallest absolute Gasteiger partial charge is 0.408 e. The van der Waals surface area contributed by atoms with Crippen LogP contribution in [0.4, 0.5) is 13.2 Å². The minimum absolute atomic E-state index is 0.166. The Morgan fingerprint density at radius 2 is 1.78 bits per heavy atom. The lowest BCUT2D eigenvalue weighted by Crippen LogP contribution is -2.49. The number of halogens is 3. The number of hydrogen-bond donors (Lipinski definition) is 2. The molecule has 23 heavy (non-hydrogen) atoms. The molecule has 0 spiro atoms. The molecule has 1 aromatic carbocycles. The number of alkyl halides is 3. The summed E-state index contributed by atoms with van der Waals surface area (Å²) in [5, 5.41) is 13.0. The van der Waals surface area contributed by atoms with Crippen molar-refractivity contribution in [3.63, 3.8) is 0 Å². The number of aromatic hydroxyl groups is 1. The zero-order valence-electron chi connectivity index (χ0n) is 13.6. The van der Waals surface area contributed by atoms with Crippen LogP contribution in [0, 0.1) is 0 Å². The van der Waals surface area contributed by atoms with E-state index in [2.05, 4.69) is 5.32 Å². The SMILES string of the molecule is CC(C)(C)Oc1ccc(O)c([C@H](N2CCNCC2)C(F)(F)F)c1. The lowest BCUT2D eigenvalue weighted by molar-refractivity contribution is -0.188. The molecule has 7 heteroatoms. The Kier molecular flexibility index (Phi) is 5.10. The third kappa shape index (κ3) is 4.75. The van der Waals surface area contributed by atoms with Gasteiger partial charge in [0.2, 0.25) is 0 Å². The van der Waals surface area contributed by atoms with Crippen molar-refractivity contribution in [2.75, 3.05) is 26.2 Å². The van der Waals surface area contributed by atoms with Crippen molar-refractivity contribution in [3.8, 4) is 11.5 Å². The van der Waals surface area contributed by atoms with Crippen LogP contribution in [0.25, 0.3) is 0 Å². The fourth-order valence-corrected chi connectivity index (χ4v) is 2.69. The number of rotatable bonds is 3. The zero-order valence-corrected chi connectivity index (χ0v) is 13.6. The predicted molar refractivity (Wildman–Crippen MR) is 81.7 cm³/mol. The lowest BCUT2D eigenvalue weighted by Gasteiger charge is -2.36. The van der Waals surface area contributed by atoms with Gasteiger partial charge in [0.15, 0.2) is 0 Å². The summed E-state index contributed by atoms with van der Waals surface area (Å²) >= 11 is 0. The molecule has 1 heterocycles. The fraction of sp³-hybridized carbons (Fsp3) is 0.625. The van der Waals surface area contributed by atoms with Gasteiger partial charge in [-0.2, -0.15) is 13.2 Å². The van der Waals surface area contributed by atoms with Crippen molar-refractivity contribution < 1.29 is 23.0 Å². The molecule has 2 rings (SSSR count). The average Bonchev–Trinajstić information content (AvgIpc) is 2.41. The summed E-state index contributed by atoms with van der Waals surface area (Å²) in [4.78, 5) is 1.34. The van der Waals surface area contributed by atoms with Gasteiger partial charge in [-0.25, -0.2) is 0 Å². The molecule has 0 aromatic heterocycles. The Morgan fingerprint density at radius 1 is 1.17 bits per heavy atom. The summed E-state index contributed by atoms with van der Waals surface area (Å²) in [7, 11) is 0. The molecular formula is C16H23F3N2O2. The molecule has 1 aliphatic heterocycles. The molecule has 1 atom stereocenters. The van der Waals surface area contributed by atoms with Gasteiger partial charge < -0.3 is 15.2 Å². The first-order chi connectivity index (χ1) is 10.6. The summed E-state index contributed by atoms with van der Waals surface area (Å²) in [6.07, 6.45) is -4.48. The second-order valence-electron chi connectivity index (χ2n) is 6.67. The molecular weight excluding hydrogens is 309 g/mol.